The summed E-state index contributed by atoms with van der Waals surface area (Å²) in [4.78, 5) is 15.3. The van der Waals surface area contributed by atoms with Gasteiger partial charge in [-0.25, -0.2) is 32.1 Å². The Balaban J connectivity index is 2.04. The molecule has 0 aliphatic heterocycles. The van der Waals surface area contributed by atoms with Gasteiger partial charge in [-0.2, -0.15) is 8.42 Å². The second-order valence-corrected chi connectivity index (χ2v) is 9.62. The maximum absolute atomic E-state index is 14.9. The topological polar surface area (TPSA) is 120 Å². The molecule has 0 aliphatic carbocycles. The molecule has 3 aromatic rings. The highest BCUT2D eigenvalue weighted by Gasteiger charge is 2.25. The molecular formula is C20H15F4IN4O4S. The number of carboxylic acid groups (broad SMARTS) is 1. The van der Waals surface area contributed by atoms with Gasteiger partial charge >= 0.3 is 5.97 Å². The number of aromatic nitrogens is 1. The number of nitrogens with zero attached hydrogens (tertiary/aromatic N) is 1. The zero-order valence-corrected chi connectivity index (χ0v) is 20.1. The van der Waals surface area contributed by atoms with Gasteiger partial charge in [0.05, 0.1) is 16.9 Å². The van der Waals surface area contributed by atoms with Crippen molar-refractivity contribution in [3.8, 4) is 0 Å². The molecule has 0 unspecified atom stereocenters. The molecule has 0 spiro atoms. The Hall–Kier alpha value is -2.98. The van der Waals surface area contributed by atoms with Gasteiger partial charge in [0.15, 0.2) is 23.3 Å². The van der Waals surface area contributed by atoms with Crippen LogP contribution in [0.5, 0.6) is 0 Å². The summed E-state index contributed by atoms with van der Waals surface area (Å²) in [5, 5.41) is 11.8. The lowest BCUT2D eigenvalue weighted by Crippen LogP contribution is -2.27. The Labute approximate surface area is 204 Å². The van der Waals surface area contributed by atoms with Crippen LogP contribution in [0.2, 0.25) is 0 Å². The van der Waals surface area contributed by atoms with Gasteiger partial charge in [0.1, 0.15) is 5.82 Å². The molecule has 0 saturated heterocycles. The Bertz CT molecular complexity index is 1390. The molecule has 1 aromatic heterocycles. The van der Waals surface area contributed by atoms with Crippen LogP contribution in [0.15, 0.2) is 36.5 Å². The van der Waals surface area contributed by atoms with E-state index in [0.717, 1.165) is 31.4 Å². The fraction of sp³-hybridized carbons (Fsp3) is 0.100. The van der Waals surface area contributed by atoms with Crippen molar-refractivity contribution >= 4 is 56.0 Å². The van der Waals surface area contributed by atoms with Crippen LogP contribution in [0, 0.1) is 26.8 Å². The molecule has 3 rings (SSSR count). The Morgan fingerprint density at radius 3 is 2.38 bits per heavy atom. The van der Waals surface area contributed by atoms with E-state index in [9.17, 15) is 35.9 Å². The van der Waals surface area contributed by atoms with Gasteiger partial charge in [-0.3, -0.25) is 4.72 Å². The van der Waals surface area contributed by atoms with E-state index in [1.165, 1.54) is 12.1 Å². The molecule has 1 heterocycles. The van der Waals surface area contributed by atoms with Gasteiger partial charge in [0, 0.05) is 23.2 Å². The van der Waals surface area contributed by atoms with Gasteiger partial charge in [0.2, 0.25) is 0 Å². The molecule has 180 valence electrons. The van der Waals surface area contributed by atoms with E-state index in [-0.39, 0.29) is 11.3 Å². The van der Waals surface area contributed by atoms with E-state index in [1.807, 2.05) is 32.0 Å². The highest BCUT2D eigenvalue weighted by Crippen LogP contribution is 2.32. The van der Waals surface area contributed by atoms with Crippen LogP contribution in [-0.4, -0.2) is 31.5 Å². The van der Waals surface area contributed by atoms with Crippen molar-refractivity contribution in [2.45, 2.75) is 6.42 Å². The highest BCUT2D eigenvalue weighted by atomic mass is 127. The zero-order valence-electron chi connectivity index (χ0n) is 17.1. The summed E-state index contributed by atoms with van der Waals surface area (Å²) in [6.45, 7) is 0. The normalized spacial score (nSPS) is 11.4. The van der Waals surface area contributed by atoms with Gasteiger partial charge in [0.25, 0.3) is 10.2 Å². The first-order chi connectivity index (χ1) is 15.9. The zero-order chi connectivity index (χ0) is 25.2. The smallest absolute Gasteiger partial charge is 0.337 e. The summed E-state index contributed by atoms with van der Waals surface area (Å²) in [5.41, 5.74) is -2.64. The summed E-state index contributed by atoms with van der Waals surface area (Å²) < 4.78 is 86.1. The summed E-state index contributed by atoms with van der Waals surface area (Å²) in [5.74, 6) is -7.43. The fourth-order valence-electron chi connectivity index (χ4n) is 2.90. The molecule has 4 N–H and O–H groups in total. The number of aromatic carboxylic acids is 1. The summed E-state index contributed by atoms with van der Waals surface area (Å²) in [6.07, 6.45) is 0.400. The predicted octanol–water partition coefficient (Wildman–Crippen LogP) is 4.15. The third-order valence-corrected chi connectivity index (χ3v) is 6.22. The molecule has 0 fully saturated rings. The molecule has 8 nitrogen and oxygen atoms in total. The van der Waals surface area contributed by atoms with Crippen LogP contribution in [0.25, 0.3) is 0 Å². The quantitative estimate of drug-likeness (QED) is 0.225. The first-order valence-electron chi connectivity index (χ1n) is 9.24. The number of carboxylic acids is 1. The van der Waals surface area contributed by atoms with Crippen LogP contribution >= 0.6 is 22.6 Å². The SMILES string of the molecule is CNS(=O)(=O)Nc1nccc(Cc2cc(C(=O)O)c(Nc3ccc(I)cc3F)c(F)c2F)c1F. The van der Waals surface area contributed by atoms with Crippen LogP contribution in [0.4, 0.5) is 34.8 Å². The molecule has 0 amide bonds. The number of hydrogen-bond donors (Lipinski definition) is 4. The lowest BCUT2D eigenvalue weighted by atomic mass is 10.00. The molecule has 0 bridgehead atoms. The average Bonchev–Trinajstić information content (AvgIpc) is 2.77. The molecular weight excluding hydrogens is 595 g/mol. The standard InChI is InChI=1S/C20H15F4IN4O4S/c1-26-34(32,33)29-19-16(23)9(4-5-27-19)6-10-7-12(20(30)31)18(17(24)15(10)22)28-14-3-2-11(25)8-13(14)21/h2-5,7-8,26,28H,6H2,1H3,(H,27,29)(H,30,31). The van der Waals surface area contributed by atoms with E-state index >= 15 is 0 Å². The molecule has 14 heteroatoms. The molecule has 0 atom stereocenters. The lowest BCUT2D eigenvalue weighted by molar-refractivity contribution is 0.0697. The van der Waals surface area contributed by atoms with Crippen LogP contribution in [-0.2, 0) is 16.6 Å². The minimum atomic E-state index is -4.11. The maximum Gasteiger partial charge on any atom is 0.337 e. The Morgan fingerprint density at radius 1 is 1.06 bits per heavy atom. The molecule has 0 radical (unpaired) electrons. The van der Waals surface area contributed by atoms with Crippen molar-refractivity contribution in [3.63, 3.8) is 0 Å². The van der Waals surface area contributed by atoms with Crippen molar-refractivity contribution in [2.24, 2.45) is 0 Å². The van der Waals surface area contributed by atoms with Gasteiger partial charge in [-0.15, -0.1) is 0 Å². The number of rotatable bonds is 8. The van der Waals surface area contributed by atoms with Crippen LogP contribution < -0.4 is 14.8 Å². The van der Waals surface area contributed by atoms with Crippen molar-refractivity contribution in [1.82, 2.24) is 9.71 Å². The molecule has 0 saturated carbocycles. The van der Waals surface area contributed by atoms with Gasteiger partial charge < -0.3 is 10.4 Å². The monoisotopic (exact) mass is 610 g/mol. The first-order valence-corrected chi connectivity index (χ1v) is 11.8. The second-order valence-electron chi connectivity index (χ2n) is 6.76. The number of anilines is 3. The van der Waals surface area contributed by atoms with E-state index in [4.69, 9.17) is 0 Å². The van der Waals surface area contributed by atoms with Crippen molar-refractivity contribution in [3.05, 3.63) is 80.1 Å². The lowest BCUT2D eigenvalue weighted by Gasteiger charge is -2.15. The number of benzene rings is 2. The minimum Gasteiger partial charge on any atom is -0.478 e. The maximum atomic E-state index is 14.9. The summed E-state index contributed by atoms with van der Waals surface area (Å²) in [7, 11) is -3.04. The van der Waals surface area contributed by atoms with E-state index in [1.54, 1.807) is 0 Å². The molecule has 2 aromatic carbocycles. The largest absolute Gasteiger partial charge is 0.478 e. The number of carbonyl (C=O) groups is 1. The van der Waals surface area contributed by atoms with E-state index < -0.39 is 68.5 Å². The Kier molecular flexibility index (Phi) is 7.62. The average molecular weight is 610 g/mol. The second kappa shape index (κ2) is 10.1. The minimum absolute atomic E-state index is 0.282. The number of nitrogens with one attached hydrogen (secondary N) is 3. The number of hydrogen-bond acceptors (Lipinski definition) is 5. The molecule has 0 aliphatic rings. The van der Waals surface area contributed by atoms with Crippen molar-refractivity contribution in [1.29, 1.82) is 0 Å². The van der Waals surface area contributed by atoms with Crippen molar-refractivity contribution < 1.29 is 35.9 Å². The Morgan fingerprint density at radius 2 is 1.76 bits per heavy atom. The third kappa shape index (κ3) is 5.56. The fourth-order valence-corrected chi connectivity index (χ4v) is 3.85. The number of halogens is 5. The predicted molar refractivity (Wildman–Crippen MR) is 124 cm³/mol. The van der Waals surface area contributed by atoms with Crippen LogP contribution in [0.1, 0.15) is 21.5 Å². The third-order valence-electron chi connectivity index (χ3n) is 4.55. The van der Waals surface area contributed by atoms with Crippen LogP contribution in [0.3, 0.4) is 0 Å². The van der Waals surface area contributed by atoms with E-state index in [0.29, 0.717) is 3.57 Å². The van der Waals surface area contributed by atoms with Gasteiger partial charge in [-0.05, 0) is 64.0 Å². The van der Waals surface area contributed by atoms with Gasteiger partial charge in [-0.1, -0.05) is 0 Å². The molecule has 34 heavy (non-hydrogen) atoms. The van der Waals surface area contributed by atoms with E-state index in [2.05, 4.69) is 10.3 Å². The first kappa shape index (κ1) is 25.6. The number of pyridine rings is 1. The highest BCUT2D eigenvalue weighted by molar-refractivity contribution is 14.1. The van der Waals surface area contributed by atoms with Crippen molar-refractivity contribution in [2.75, 3.05) is 17.1 Å². The summed E-state index contributed by atoms with van der Waals surface area (Å²) >= 11 is 1.84. The summed E-state index contributed by atoms with van der Waals surface area (Å²) in [6, 6.07) is 5.69.